The number of benzene rings is 2. The molecule has 0 atom stereocenters. The molecule has 0 unspecified atom stereocenters. The first-order valence-corrected chi connectivity index (χ1v) is 6.33. The van der Waals surface area contributed by atoms with Crippen molar-refractivity contribution in [1.82, 2.24) is 0 Å². The maximum absolute atomic E-state index is 12.9. The quantitative estimate of drug-likeness (QED) is 0.704. The van der Waals surface area contributed by atoms with Gasteiger partial charge >= 0.3 is 12.4 Å². The number of rotatable bonds is 1. The number of fused-ring (bicyclic) bond motifs is 1. The van der Waals surface area contributed by atoms with Crippen molar-refractivity contribution in [1.29, 1.82) is 0 Å². The molecule has 0 aliphatic rings. The van der Waals surface area contributed by atoms with E-state index in [4.69, 9.17) is 0 Å². The number of alkyl halides is 6. The van der Waals surface area contributed by atoms with Crippen LogP contribution in [0.25, 0.3) is 10.8 Å². The van der Waals surface area contributed by atoms with Gasteiger partial charge in [-0.2, -0.15) is 26.3 Å². The molecule has 0 aliphatic heterocycles. The highest BCUT2D eigenvalue weighted by molar-refractivity contribution is 9.10. The Morgan fingerprint density at radius 3 is 1.71 bits per heavy atom. The first kappa shape index (κ1) is 16.1. The van der Waals surface area contributed by atoms with Gasteiger partial charge in [0.1, 0.15) is 0 Å². The van der Waals surface area contributed by atoms with Crippen molar-refractivity contribution in [3.05, 3.63) is 46.4 Å². The Labute approximate surface area is 123 Å². The van der Waals surface area contributed by atoms with Gasteiger partial charge in [-0.3, -0.25) is 0 Å². The highest BCUT2D eigenvalue weighted by atomic mass is 79.9. The molecule has 2 aromatic carbocycles. The predicted molar refractivity (Wildman–Crippen MR) is 67.7 cm³/mol. The fraction of sp³-hybridized carbons (Fsp3) is 0.231. The lowest BCUT2D eigenvalue weighted by atomic mass is 9.88. The Morgan fingerprint density at radius 1 is 0.762 bits per heavy atom. The number of aliphatic hydroxyl groups is 1. The van der Waals surface area contributed by atoms with Crippen LogP contribution in [-0.4, -0.2) is 17.5 Å². The number of halogens is 7. The Hall–Kier alpha value is -1.28. The molecule has 114 valence electrons. The number of hydrogen-bond acceptors (Lipinski definition) is 1. The summed E-state index contributed by atoms with van der Waals surface area (Å²) >= 11 is 3.05. The highest BCUT2D eigenvalue weighted by Crippen LogP contribution is 2.52. The molecule has 2 aromatic rings. The van der Waals surface area contributed by atoms with Crippen molar-refractivity contribution in [3.63, 3.8) is 0 Å². The lowest BCUT2D eigenvalue weighted by molar-refractivity contribution is -0.375. The maximum Gasteiger partial charge on any atom is 0.430 e. The third-order valence-corrected chi connectivity index (χ3v) is 3.77. The molecule has 0 radical (unpaired) electrons. The zero-order chi connectivity index (χ0) is 16.1. The third-order valence-electron chi connectivity index (χ3n) is 3.08. The van der Waals surface area contributed by atoms with Crippen molar-refractivity contribution in [2.75, 3.05) is 0 Å². The summed E-state index contributed by atoms with van der Waals surface area (Å²) in [6.45, 7) is 0. The van der Waals surface area contributed by atoms with Crippen molar-refractivity contribution in [2.45, 2.75) is 18.0 Å². The zero-order valence-electron chi connectivity index (χ0n) is 10.1. The average molecular weight is 373 g/mol. The standard InChI is InChI=1S/C13H7BrF6O/c14-10-6-5-9(7-3-1-2-4-8(7)10)11(21,12(15,16)17)13(18,19)20/h1-6,21H. The first-order valence-electron chi connectivity index (χ1n) is 5.53. The van der Waals surface area contributed by atoms with Crippen LogP contribution in [0.4, 0.5) is 26.3 Å². The van der Waals surface area contributed by atoms with Gasteiger partial charge in [0, 0.05) is 10.0 Å². The molecule has 0 heterocycles. The second kappa shape index (κ2) is 4.88. The van der Waals surface area contributed by atoms with E-state index in [0.717, 1.165) is 12.1 Å². The van der Waals surface area contributed by atoms with Crippen LogP contribution in [0.3, 0.4) is 0 Å². The fourth-order valence-electron chi connectivity index (χ4n) is 2.04. The predicted octanol–water partition coefficient (Wildman–Crippen LogP) is 4.91. The molecule has 21 heavy (non-hydrogen) atoms. The molecule has 0 aliphatic carbocycles. The third kappa shape index (κ3) is 2.40. The average Bonchev–Trinajstić information content (AvgIpc) is 2.36. The maximum atomic E-state index is 12.9. The van der Waals surface area contributed by atoms with Crippen LogP contribution in [0.2, 0.25) is 0 Å². The van der Waals surface area contributed by atoms with E-state index in [1.165, 1.54) is 18.2 Å². The van der Waals surface area contributed by atoms with Gasteiger partial charge in [-0.25, -0.2) is 0 Å². The Balaban J connectivity index is 2.89. The van der Waals surface area contributed by atoms with Crippen molar-refractivity contribution < 1.29 is 31.4 Å². The minimum atomic E-state index is -5.90. The lowest BCUT2D eigenvalue weighted by Gasteiger charge is -2.33. The zero-order valence-corrected chi connectivity index (χ0v) is 11.6. The first-order chi connectivity index (χ1) is 9.50. The van der Waals surface area contributed by atoms with E-state index in [1.807, 2.05) is 0 Å². The summed E-state index contributed by atoms with van der Waals surface area (Å²) in [7, 11) is 0. The van der Waals surface area contributed by atoms with Crippen LogP contribution >= 0.6 is 15.9 Å². The van der Waals surface area contributed by atoms with E-state index >= 15 is 0 Å². The summed E-state index contributed by atoms with van der Waals surface area (Å²) in [5, 5.41) is 9.29. The monoisotopic (exact) mass is 372 g/mol. The van der Waals surface area contributed by atoms with Gasteiger partial charge in [-0.1, -0.05) is 46.3 Å². The summed E-state index contributed by atoms with van der Waals surface area (Å²) in [5.74, 6) is 0. The van der Waals surface area contributed by atoms with Gasteiger partial charge in [0.15, 0.2) is 0 Å². The molecule has 0 amide bonds. The van der Waals surface area contributed by atoms with Crippen molar-refractivity contribution in [2.24, 2.45) is 0 Å². The van der Waals surface area contributed by atoms with E-state index in [9.17, 15) is 31.4 Å². The van der Waals surface area contributed by atoms with Crippen LogP contribution in [-0.2, 0) is 5.60 Å². The second-order valence-electron chi connectivity index (χ2n) is 4.35. The van der Waals surface area contributed by atoms with Crippen LogP contribution < -0.4 is 0 Å². The van der Waals surface area contributed by atoms with E-state index in [0.29, 0.717) is 10.5 Å². The molecule has 1 N–H and O–H groups in total. The van der Waals surface area contributed by atoms with Crippen LogP contribution in [0.1, 0.15) is 5.56 Å². The van der Waals surface area contributed by atoms with Gasteiger partial charge in [0.05, 0.1) is 0 Å². The molecular formula is C13H7BrF6O. The molecule has 8 heteroatoms. The molecule has 0 saturated carbocycles. The Kier molecular flexibility index (Phi) is 3.74. The van der Waals surface area contributed by atoms with E-state index in [-0.39, 0.29) is 10.8 Å². The van der Waals surface area contributed by atoms with Gasteiger partial charge in [-0.15, -0.1) is 0 Å². The summed E-state index contributed by atoms with van der Waals surface area (Å²) in [6.07, 6.45) is -11.8. The molecule has 0 aromatic heterocycles. The Morgan fingerprint density at radius 2 is 1.24 bits per heavy atom. The van der Waals surface area contributed by atoms with Crippen LogP contribution in [0.15, 0.2) is 40.9 Å². The second-order valence-corrected chi connectivity index (χ2v) is 5.20. The van der Waals surface area contributed by atoms with Gasteiger partial charge in [0.2, 0.25) is 0 Å². The van der Waals surface area contributed by atoms with Gasteiger partial charge in [0.25, 0.3) is 5.60 Å². The van der Waals surface area contributed by atoms with Crippen LogP contribution in [0.5, 0.6) is 0 Å². The molecule has 0 saturated heterocycles. The molecule has 1 nitrogen and oxygen atoms in total. The van der Waals surface area contributed by atoms with E-state index < -0.39 is 23.5 Å². The minimum absolute atomic E-state index is 0.141. The Bertz CT molecular complexity index is 662. The molecular weight excluding hydrogens is 366 g/mol. The van der Waals surface area contributed by atoms with Crippen LogP contribution in [0, 0.1) is 0 Å². The van der Waals surface area contributed by atoms with E-state index in [1.54, 1.807) is 0 Å². The SMILES string of the molecule is OC(c1ccc(Br)c2ccccc12)(C(F)(F)F)C(F)(F)F. The largest absolute Gasteiger partial charge is 0.430 e. The van der Waals surface area contributed by atoms with Crippen molar-refractivity contribution in [3.8, 4) is 0 Å². The molecule has 0 fully saturated rings. The summed E-state index contributed by atoms with van der Waals surface area (Å²) in [6, 6.07) is 6.88. The normalized spacial score (nSPS) is 13.7. The summed E-state index contributed by atoms with van der Waals surface area (Å²) in [4.78, 5) is 0. The number of hydrogen-bond donors (Lipinski definition) is 1. The smallest absolute Gasteiger partial charge is 0.369 e. The van der Waals surface area contributed by atoms with Gasteiger partial charge in [-0.05, 0) is 16.8 Å². The van der Waals surface area contributed by atoms with Crippen molar-refractivity contribution >= 4 is 26.7 Å². The summed E-state index contributed by atoms with van der Waals surface area (Å²) in [5.41, 5.74) is -6.18. The summed E-state index contributed by atoms with van der Waals surface area (Å²) < 4.78 is 77.9. The minimum Gasteiger partial charge on any atom is -0.369 e. The fourth-order valence-corrected chi connectivity index (χ4v) is 2.52. The lowest BCUT2D eigenvalue weighted by Crippen LogP contribution is -2.54. The topological polar surface area (TPSA) is 20.2 Å². The molecule has 0 spiro atoms. The molecule has 0 bridgehead atoms. The van der Waals surface area contributed by atoms with E-state index in [2.05, 4.69) is 15.9 Å². The highest BCUT2D eigenvalue weighted by Gasteiger charge is 2.71. The van der Waals surface area contributed by atoms with Gasteiger partial charge < -0.3 is 5.11 Å². The molecule has 2 rings (SSSR count).